The van der Waals surface area contributed by atoms with Crippen molar-refractivity contribution in [3.63, 3.8) is 0 Å². The van der Waals surface area contributed by atoms with Crippen molar-refractivity contribution in [2.45, 2.75) is 26.4 Å². The molecule has 11 heteroatoms. The van der Waals surface area contributed by atoms with Gasteiger partial charge in [0.25, 0.3) is 0 Å². The highest BCUT2D eigenvalue weighted by Gasteiger charge is 2.24. The van der Waals surface area contributed by atoms with Crippen molar-refractivity contribution >= 4 is 22.7 Å². The van der Waals surface area contributed by atoms with Crippen molar-refractivity contribution in [1.29, 1.82) is 0 Å². The average Bonchev–Trinajstić information content (AvgIpc) is 2.77. The molecule has 0 aliphatic rings. The molecular formula is C22H22F3N3O5. The Morgan fingerprint density at radius 3 is 2.48 bits per heavy atom. The number of aromatic carboxylic acids is 1. The van der Waals surface area contributed by atoms with E-state index in [0.29, 0.717) is 6.07 Å². The third-order valence-electron chi connectivity index (χ3n) is 5.30. The zero-order chi connectivity index (χ0) is 24.4. The number of halogens is 3. The minimum atomic E-state index is -1.47. The number of nitrogens with one attached hydrogen (secondary N) is 1. The molecule has 2 heterocycles. The number of hydrogen-bond acceptors (Lipinski definition) is 6. The monoisotopic (exact) mass is 465 g/mol. The molecule has 0 spiro atoms. The Kier molecular flexibility index (Phi) is 6.92. The van der Waals surface area contributed by atoms with Crippen LogP contribution in [0.15, 0.2) is 29.2 Å². The second-order valence-electron chi connectivity index (χ2n) is 7.67. The van der Waals surface area contributed by atoms with Crippen LogP contribution in [0.2, 0.25) is 0 Å². The molecule has 3 aromatic rings. The number of rotatable bonds is 8. The Bertz CT molecular complexity index is 1280. The van der Waals surface area contributed by atoms with Gasteiger partial charge in [-0.3, -0.25) is 4.79 Å². The van der Waals surface area contributed by atoms with Crippen LogP contribution >= 0.6 is 0 Å². The van der Waals surface area contributed by atoms with Crippen molar-refractivity contribution < 1.29 is 32.9 Å². The van der Waals surface area contributed by atoms with Gasteiger partial charge in [0.2, 0.25) is 11.3 Å². The number of methoxy groups -OCH3 is 1. The summed E-state index contributed by atoms with van der Waals surface area (Å²) in [5.74, 6) is -5.25. The summed E-state index contributed by atoms with van der Waals surface area (Å²) in [6.45, 7) is 2.76. The number of carbonyl (C=O) groups is 1. The minimum absolute atomic E-state index is 0.0318. The molecule has 0 aliphatic heterocycles. The van der Waals surface area contributed by atoms with Gasteiger partial charge in [0, 0.05) is 18.3 Å². The number of aliphatic hydroxyl groups excluding tert-OH is 1. The molecule has 1 unspecified atom stereocenters. The number of benzene rings is 1. The summed E-state index contributed by atoms with van der Waals surface area (Å²) in [5.41, 5.74) is -1.86. The number of ether oxygens (including phenoxy) is 1. The largest absolute Gasteiger partial charge is 0.479 e. The van der Waals surface area contributed by atoms with Gasteiger partial charge in [0.05, 0.1) is 30.8 Å². The van der Waals surface area contributed by atoms with Gasteiger partial charge in [-0.1, -0.05) is 13.8 Å². The van der Waals surface area contributed by atoms with Gasteiger partial charge < -0.3 is 24.8 Å². The highest BCUT2D eigenvalue weighted by atomic mass is 19.2. The first-order valence-corrected chi connectivity index (χ1v) is 9.94. The number of carboxylic acids is 1. The maximum atomic E-state index is 14.0. The number of aromatic nitrogens is 2. The van der Waals surface area contributed by atoms with Gasteiger partial charge in [0.1, 0.15) is 17.0 Å². The third kappa shape index (κ3) is 4.49. The number of carboxylic acid groups (broad SMARTS) is 1. The molecule has 0 radical (unpaired) electrons. The minimum Gasteiger partial charge on any atom is -0.479 e. The normalized spacial score (nSPS) is 12.2. The molecule has 8 nitrogen and oxygen atoms in total. The molecule has 3 rings (SSSR count). The van der Waals surface area contributed by atoms with Gasteiger partial charge in [0.15, 0.2) is 11.6 Å². The fraction of sp³-hybridized carbons (Fsp3) is 0.318. The second-order valence-corrected chi connectivity index (χ2v) is 7.67. The topological polar surface area (TPSA) is 114 Å². The molecule has 2 aromatic heterocycles. The highest BCUT2D eigenvalue weighted by molar-refractivity contribution is 5.93. The van der Waals surface area contributed by atoms with E-state index >= 15 is 0 Å². The molecule has 0 saturated heterocycles. The zero-order valence-electron chi connectivity index (χ0n) is 18.0. The van der Waals surface area contributed by atoms with E-state index in [1.807, 2.05) is 0 Å². The number of pyridine rings is 2. The first-order chi connectivity index (χ1) is 15.6. The molecule has 176 valence electrons. The molecule has 0 saturated carbocycles. The van der Waals surface area contributed by atoms with Crippen LogP contribution in [-0.2, 0) is 6.54 Å². The molecule has 3 N–H and O–H groups in total. The molecule has 0 bridgehead atoms. The third-order valence-corrected chi connectivity index (χ3v) is 5.30. The van der Waals surface area contributed by atoms with Crippen LogP contribution in [0.3, 0.4) is 0 Å². The summed E-state index contributed by atoms with van der Waals surface area (Å²) in [6, 6.07) is 2.09. The van der Waals surface area contributed by atoms with Crippen LogP contribution in [0.1, 0.15) is 35.8 Å². The van der Waals surface area contributed by atoms with E-state index in [1.165, 1.54) is 17.7 Å². The number of aliphatic hydroxyl groups is 1. The standard InChI is InChI=1S/C22H22F3N3O5/c1-10(2)17(9-29)28-8-13(22(31)32)19(30)11-6-16(21(33-3)27-20(11)28)26-7-12-14(23)4-5-15(24)18(12)25/h4-6,8,10,17,26,29H,7,9H2,1-3H3,(H,31,32). The molecule has 0 aliphatic carbocycles. The van der Waals surface area contributed by atoms with E-state index in [2.05, 4.69) is 10.3 Å². The van der Waals surface area contributed by atoms with Crippen LogP contribution in [0.5, 0.6) is 5.88 Å². The molecule has 1 aromatic carbocycles. The predicted octanol–water partition coefficient (Wildman–Crippen LogP) is 3.32. The van der Waals surface area contributed by atoms with E-state index in [4.69, 9.17) is 4.74 Å². The van der Waals surface area contributed by atoms with Crippen LogP contribution < -0.4 is 15.5 Å². The summed E-state index contributed by atoms with van der Waals surface area (Å²) in [4.78, 5) is 28.8. The summed E-state index contributed by atoms with van der Waals surface area (Å²) in [6.07, 6.45) is 1.12. The van der Waals surface area contributed by atoms with Crippen molar-refractivity contribution in [2.75, 3.05) is 19.0 Å². The predicted molar refractivity (Wildman–Crippen MR) is 114 cm³/mol. The molecule has 0 amide bonds. The molecule has 33 heavy (non-hydrogen) atoms. The van der Waals surface area contributed by atoms with Gasteiger partial charge >= 0.3 is 5.97 Å². The average molecular weight is 465 g/mol. The van der Waals surface area contributed by atoms with Crippen LogP contribution in [0.4, 0.5) is 18.9 Å². The number of hydrogen-bond donors (Lipinski definition) is 3. The SMILES string of the molecule is COc1nc2c(cc1NCc1c(F)ccc(F)c1F)c(=O)c(C(=O)O)cn2C(CO)C(C)C. The first kappa shape index (κ1) is 24.1. The number of fused-ring (bicyclic) bond motifs is 1. The van der Waals surface area contributed by atoms with Gasteiger partial charge in [-0.05, 0) is 24.1 Å². The Labute approximate surface area is 186 Å². The maximum Gasteiger partial charge on any atom is 0.341 e. The smallest absolute Gasteiger partial charge is 0.341 e. The maximum absolute atomic E-state index is 14.0. The molecule has 0 fully saturated rings. The van der Waals surface area contributed by atoms with Crippen LogP contribution in [0, 0.1) is 23.4 Å². The van der Waals surface area contributed by atoms with E-state index in [1.54, 1.807) is 13.8 Å². The van der Waals surface area contributed by atoms with Crippen molar-refractivity contribution in [2.24, 2.45) is 5.92 Å². The van der Waals surface area contributed by atoms with Crippen LogP contribution in [0.25, 0.3) is 11.0 Å². The van der Waals surface area contributed by atoms with Gasteiger partial charge in [-0.2, -0.15) is 4.98 Å². The van der Waals surface area contributed by atoms with Crippen molar-refractivity contribution in [3.8, 4) is 5.88 Å². The Morgan fingerprint density at radius 2 is 1.91 bits per heavy atom. The van der Waals surface area contributed by atoms with Crippen molar-refractivity contribution in [3.05, 3.63) is 63.2 Å². The Balaban J connectivity index is 2.21. The summed E-state index contributed by atoms with van der Waals surface area (Å²) in [7, 11) is 1.28. The quantitative estimate of drug-likeness (QED) is 0.438. The first-order valence-electron chi connectivity index (χ1n) is 9.94. The Morgan fingerprint density at radius 1 is 1.24 bits per heavy atom. The zero-order valence-corrected chi connectivity index (χ0v) is 18.0. The van der Waals surface area contributed by atoms with E-state index in [0.717, 1.165) is 12.3 Å². The lowest BCUT2D eigenvalue weighted by molar-refractivity contribution is 0.0694. The van der Waals surface area contributed by atoms with Gasteiger partial charge in [-0.15, -0.1) is 0 Å². The van der Waals surface area contributed by atoms with Gasteiger partial charge in [-0.25, -0.2) is 18.0 Å². The van der Waals surface area contributed by atoms with Crippen molar-refractivity contribution in [1.82, 2.24) is 9.55 Å². The lowest BCUT2D eigenvalue weighted by Crippen LogP contribution is -2.26. The lowest BCUT2D eigenvalue weighted by Gasteiger charge is -2.24. The van der Waals surface area contributed by atoms with E-state index in [-0.39, 0.29) is 35.1 Å². The fourth-order valence-corrected chi connectivity index (χ4v) is 3.48. The highest BCUT2D eigenvalue weighted by Crippen LogP contribution is 2.30. The lowest BCUT2D eigenvalue weighted by atomic mass is 10.0. The van der Waals surface area contributed by atoms with E-state index < -0.39 is 52.6 Å². The van der Waals surface area contributed by atoms with E-state index in [9.17, 15) is 33.0 Å². The Hall–Kier alpha value is -3.60. The fourth-order valence-electron chi connectivity index (χ4n) is 3.48. The summed E-state index contributed by atoms with van der Waals surface area (Å²) >= 11 is 0. The summed E-state index contributed by atoms with van der Waals surface area (Å²) < 4.78 is 48.2. The summed E-state index contributed by atoms with van der Waals surface area (Å²) in [5, 5.41) is 21.9. The molecule has 1 atom stereocenters. The second kappa shape index (κ2) is 9.49. The number of nitrogens with zero attached hydrogens (tertiary/aromatic N) is 2. The molecular weight excluding hydrogens is 443 g/mol. The number of anilines is 1. The van der Waals surface area contributed by atoms with Crippen LogP contribution in [-0.4, -0.2) is 39.5 Å².